The normalized spacial score (nSPS) is 11.0. The zero-order valence-corrected chi connectivity index (χ0v) is 11.6. The summed E-state index contributed by atoms with van der Waals surface area (Å²) in [5.41, 5.74) is 4.04. The third-order valence-corrected chi connectivity index (χ3v) is 3.69. The molecule has 0 saturated carbocycles. The highest BCUT2D eigenvalue weighted by Crippen LogP contribution is 2.17. The topological polar surface area (TPSA) is 27.8 Å². The molecule has 0 aliphatic rings. The number of hydrogen-bond acceptors (Lipinski definition) is 1. The highest BCUT2D eigenvalue weighted by Gasteiger charge is 2.00. The number of aromatic nitrogens is 1. The Bertz CT molecular complexity index is 655. The van der Waals surface area contributed by atoms with Crippen LogP contribution in [0.1, 0.15) is 11.1 Å². The van der Waals surface area contributed by atoms with E-state index in [-0.39, 0.29) is 0 Å². The van der Waals surface area contributed by atoms with Crippen LogP contribution in [0.5, 0.6) is 0 Å². The van der Waals surface area contributed by atoms with Crippen LogP contribution < -0.4 is 5.32 Å². The predicted molar refractivity (Wildman–Crippen MR) is 85.0 cm³/mol. The van der Waals surface area contributed by atoms with Gasteiger partial charge in [0, 0.05) is 17.1 Å². The van der Waals surface area contributed by atoms with E-state index in [1.807, 2.05) is 6.20 Å². The minimum absolute atomic E-state index is 1.02. The van der Waals surface area contributed by atoms with Crippen molar-refractivity contribution in [2.24, 2.45) is 0 Å². The van der Waals surface area contributed by atoms with E-state index in [4.69, 9.17) is 0 Å². The van der Waals surface area contributed by atoms with Gasteiger partial charge in [0.1, 0.15) is 0 Å². The van der Waals surface area contributed by atoms with E-state index in [9.17, 15) is 0 Å². The maximum atomic E-state index is 3.53. The first kappa shape index (κ1) is 12.9. The van der Waals surface area contributed by atoms with Crippen LogP contribution in [0.3, 0.4) is 0 Å². The highest BCUT2D eigenvalue weighted by molar-refractivity contribution is 5.82. The predicted octanol–water partition coefficient (Wildman–Crippen LogP) is 3.54. The Morgan fingerprint density at radius 1 is 0.800 bits per heavy atom. The lowest BCUT2D eigenvalue weighted by molar-refractivity contribution is 0.683. The lowest BCUT2D eigenvalue weighted by Crippen LogP contribution is -2.20. The van der Waals surface area contributed by atoms with Gasteiger partial charge in [-0.15, -0.1) is 0 Å². The van der Waals surface area contributed by atoms with Gasteiger partial charge in [0.25, 0.3) is 0 Å². The van der Waals surface area contributed by atoms with Crippen LogP contribution in [0.2, 0.25) is 0 Å². The van der Waals surface area contributed by atoms with Crippen molar-refractivity contribution in [3.63, 3.8) is 0 Å². The average molecular weight is 264 g/mol. The first-order valence-corrected chi connectivity index (χ1v) is 7.23. The fraction of sp³-hybridized carbons (Fsp3) is 0.222. The van der Waals surface area contributed by atoms with Gasteiger partial charge in [-0.2, -0.15) is 0 Å². The molecule has 3 rings (SSSR count). The smallest absolute Gasteiger partial charge is 0.0456 e. The van der Waals surface area contributed by atoms with Gasteiger partial charge in [0.05, 0.1) is 0 Å². The Labute approximate surface area is 119 Å². The van der Waals surface area contributed by atoms with E-state index in [2.05, 4.69) is 64.9 Å². The van der Waals surface area contributed by atoms with Crippen molar-refractivity contribution in [3.8, 4) is 0 Å². The van der Waals surface area contributed by atoms with Crippen LogP contribution in [-0.4, -0.2) is 18.1 Å². The van der Waals surface area contributed by atoms with Gasteiger partial charge in [0.15, 0.2) is 0 Å². The molecule has 102 valence electrons. The van der Waals surface area contributed by atoms with Crippen LogP contribution in [0, 0.1) is 0 Å². The number of rotatable bonds is 6. The Kier molecular flexibility index (Phi) is 4.14. The number of hydrogen-bond donors (Lipinski definition) is 2. The molecule has 2 heteroatoms. The maximum absolute atomic E-state index is 3.53. The molecule has 0 saturated heterocycles. The number of nitrogens with one attached hydrogen (secondary N) is 2. The molecule has 2 N–H and O–H groups in total. The van der Waals surface area contributed by atoms with Gasteiger partial charge in [-0.3, -0.25) is 0 Å². The van der Waals surface area contributed by atoms with Gasteiger partial charge >= 0.3 is 0 Å². The molecule has 0 spiro atoms. The molecule has 1 heterocycles. The van der Waals surface area contributed by atoms with Crippen molar-refractivity contribution in [3.05, 3.63) is 71.9 Å². The third-order valence-electron chi connectivity index (χ3n) is 3.69. The Morgan fingerprint density at radius 2 is 1.65 bits per heavy atom. The molecule has 0 aliphatic carbocycles. The van der Waals surface area contributed by atoms with Crippen molar-refractivity contribution < 1.29 is 0 Å². The van der Waals surface area contributed by atoms with Gasteiger partial charge in [-0.1, -0.05) is 42.5 Å². The summed E-state index contributed by atoms with van der Waals surface area (Å²) >= 11 is 0. The molecule has 0 atom stereocenters. The van der Waals surface area contributed by atoms with E-state index in [1.165, 1.54) is 22.0 Å². The fourth-order valence-corrected chi connectivity index (χ4v) is 2.59. The summed E-state index contributed by atoms with van der Waals surface area (Å²) in [6.07, 6.45) is 4.18. The van der Waals surface area contributed by atoms with Gasteiger partial charge in [-0.05, 0) is 49.2 Å². The van der Waals surface area contributed by atoms with E-state index in [0.717, 1.165) is 25.9 Å². The first-order valence-electron chi connectivity index (χ1n) is 7.23. The lowest BCUT2D eigenvalue weighted by Gasteiger charge is -2.06. The quantitative estimate of drug-likeness (QED) is 0.655. The van der Waals surface area contributed by atoms with E-state index >= 15 is 0 Å². The zero-order valence-electron chi connectivity index (χ0n) is 11.6. The summed E-state index contributed by atoms with van der Waals surface area (Å²) in [7, 11) is 0. The SMILES string of the molecule is c1ccc(CCNCCc2cccc3[nH]ccc23)cc1. The molecule has 0 unspecified atom stereocenters. The molecule has 20 heavy (non-hydrogen) atoms. The molecule has 0 amide bonds. The van der Waals surface area contributed by atoms with Crippen molar-refractivity contribution in [1.82, 2.24) is 10.3 Å². The average Bonchev–Trinajstić information content (AvgIpc) is 2.97. The number of H-pyrrole nitrogens is 1. The minimum Gasteiger partial charge on any atom is -0.361 e. The molecule has 2 nitrogen and oxygen atoms in total. The van der Waals surface area contributed by atoms with Crippen LogP contribution in [0.15, 0.2) is 60.8 Å². The molecular weight excluding hydrogens is 244 g/mol. The molecule has 0 bridgehead atoms. The second kappa shape index (κ2) is 6.40. The molecule has 1 aromatic heterocycles. The lowest BCUT2D eigenvalue weighted by atomic mass is 10.1. The second-order valence-corrected chi connectivity index (χ2v) is 5.09. The summed E-state index contributed by atoms with van der Waals surface area (Å²) in [6, 6.07) is 19.3. The van der Waals surface area contributed by atoms with Crippen molar-refractivity contribution in [2.45, 2.75) is 12.8 Å². The van der Waals surface area contributed by atoms with E-state index < -0.39 is 0 Å². The number of benzene rings is 2. The van der Waals surface area contributed by atoms with E-state index in [1.54, 1.807) is 0 Å². The summed E-state index contributed by atoms with van der Waals surface area (Å²) in [5, 5.41) is 4.87. The van der Waals surface area contributed by atoms with Gasteiger partial charge < -0.3 is 10.3 Å². The van der Waals surface area contributed by atoms with Gasteiger partial charge in [0.2, 0.25) is 0 Å². The molecule has 0 fully saturated rings. The number of fused-ring (bicyclic) bond motifs is 1. The maximum Gasteiger partial charge on any atom is 0.0456 e. The van der Waals surface area contributed by atoms with Crippen molar-refractivity contribution in [1.29, 1.82) is 0 Å². The van der Waals surface area contributed by atoms with Gasteiger partial charge in [-0.25, -0.2) is 0 Å². The second-order valence-electron chi connectivity index (χ2n) is 5.09. The molecular formula is C18H20N2. The highest BCUT2D eigenvalue weighted by atomic mass is 14.8. The van der Waals surface area contributed by atoms with E-state index in [0.29, 0.717) is 0 Å². The zero-order chi connectivity index (χ0) is 13.6. The first-order chi connectivity index (χ1) is 9.93. The standard InChI is InChI=1S/C18H20N2/c1-2-5-15(6-3-1)9-12-19-13-10-16-7-4-8-18-17(16)11-14-20-18/h1-8,11,14,19-20H,9-10,12-13H2. The van der Waals surface area contributed by atoms with Crippen LogP contribution in [0.25, 0.3) is 10.9 Å². The van der Waals surface area contributed by atoms with Crippen LogP contribution in [0.4, 0.5) is 0 Å². The molecule has 3 aromatic rings. The third kappa shape index (κ3) is 3.09. The summed E-state index contributed by atoms with van der Waals surface area (Å²) in [4.78, 5) is 3.26. The molecule has 0 aliphatic heterocycles. The van der Waals surface area contributed by atoms with Crippen LogP contribution in [-0.2, 0) is 12.8 Å². The Hall–Kier alpha value is -2.06. The molecule has 0 radical (unpaired) electrons. The Balaban J connectivity index is 1.47. The minimum atomic E-state index is 1.02. The summed E-state index contributed by atoms with van der Waals surface area (Å²) in [5.74, 6) is 0. The van der Waals surface area contributed by atoms with Crippen molar-refractivity contribution in [2.75, 3.05) is 13.1 Å². The molecule has 2 aromatic carbocycles. The van der Waals surface area contributed by atoms with Crippen LogP contribution >= 0.6 is 0 Å². The monoisotopic (exact) mass is 264 g/mol. The largest absolute Gasteiger partial charge is 0.361 e. The summed E-state index contributed by atoms with van der Waals surface area (Å²) in [6.45, 7) is 2.06. The fourth-order valence-electron chi connectivity index (χ4n) is 2.59. The Morgan fingerprint density at radius 3 is 2.55 bits per heavy atom. The summed E-state index contributed by atoms with van der Waals surface area (Å²) < 4.78 is 0. The van der Waals surface area contributed by atoms with Crippen molar-refractivity contribution >= 4 is 10.9 Å². The number of aromatic amines is 1.